The molecule has 0 aromatic heterocycles. The molecule has 2 nitrogen and oxygen atoms in total. The second-order valence-corrected chi connectivity index (χ2v) is 3.83. The standard InChI is InChI=1S/C14H15NO/c1-10-3-5-11(6-4-10)13-9-12(15)7-8-14(13)16-2/h3-9H,15H2,1-2H3. The molecule has 0 unspecified atom stereocenters. The van der Waals surface area contributed by atoms with E-state index in [0.717, 1.165) is 22.6 Å². The molecule has 0 fully saturated rings. The minimum atomic E-state index is 0.747. The zero-order chi connectivity index (χ0) is 11.5. The quantitative estimate of drug-likeness (QED) is 0.777. The summed E-state index contributed by atoms with van der Waals surface area (Å²) in [5, 5.41) is 0. The molecule has 0 aliphatic carbocycles. The maximum atomic E-state index is 5.79. The van der Waals surface area contributed by atoms with Crippen LogP contribution in [0.15, 0.2) is 42.5 Å². The van der Waals surface area contributed by atoms with Crippen molar-refractivity contribution in [2.45, 2.75) is 6.92 Å². The van der Waals surface area contributed by atoms with Gasteiger partial charge in [0.25, 0.3) is 0 Å². The fourth-order valence-corrected chi connectivity index (χ4v) is 1.68. The maximum Gasteiger partial charge on any atom is 0.126 e. The molecule has 2 rings (SSSR count). The molecule has 0 saturated carbocycles. The first kappa shape index (κ1) is 10.6. The van der Waals surface area contributed by atoms with E-state index in [-0.39, 0.29) is 0 Å². The predicted molar refractivity (Wildman–Crippen MR) is 67.6 cm³/mol. The molecular formula is C14H15NO. The first-order chi connectivity index (χ1) is 7.70. The number of anilines is 1. The number of rotatable bonds is 2. The zero-order valence-corrected chi connectivity index (χ0v) is 9.53. The maximum absolute atomic E-state index is 5.79. The van der Waals surface area contributed by atoms with E-state index in [1.807, 2.05) is 18.2 Å². The van der Waals surface area contributed by atoms with Gasteiger partial charge in [0.2, 0.25) is 0 Å². The van der Waals surface area contributed by atoms with Gasteiger partial charge in [-0.25, -0.2) is 0 Å². The Bertz CT molecular complexity index is 489. The molecule has 2 N–H and O–H groups in total. The number of ether oxygens (including phenoxy) is 1. The summed E-state index contributed by atoms with van der Waals surface area (Å²) in [6, 6.07) is 14.0. The Morgan fingerprint density at radius 1 is 1.00 bits per heavy atom. The van der Waals surface area contributed by atoms with Crippen LogP contribution in [0, 0.1) is 6.92 Å². The Balaban J connectivity index is 2.53. The van der Waals surface area contributed by atoms with E-state index >= 15 is 0 Å². The molecule has 16 heavy (non-hydrogen) atoms. The molecule has 0 bridgehead atoms. The summed E-state index contributed by atoms with van der Waals surface area (Å²) < 4.78 is 5.33. The second kappa shape index (κ2) is 4.27. The summed E-state index contributed by atoms with van der Waals surface area (Å²) in [5.41, 5.74) is 9.93. The third kappa shape index (κ3) is 2.01. The summed E-state index contributed by atoms with van der Waals surface area (Å²) in [7, 11) is 1.67. The summed E-state index contributed by atoms with van der Waals surface area (Å²) in [5.74, 6) is 0.845. The normalized spacial score (nSPS) is 10.1. The van der Waals surface area contributed by atoms with E-state index in [0.29, 0.717) is 0 Å². The lowest BCUT2D eigenvalue weighted by Crippen LogP contribution is -1.91. The summed E-state index contributed by atoms with van der Waals surface area (Å²) in [6.07, 6.45) is 0. The van der Waals surface area contributed by atoms with E-state index in [4.69, 9.17) is 10.5 Å². The SMILES string of the molecule is COc1ccc(N)cc1-c1ccc(C)cc1. The van der Waals surface area contributed by atoms with Crippen LogP contribution in [0.3, 0.4) is 0 Å². The largest absolute Gasteiger partial charge is 0.496 e. The summed E-state index contributed by atoms with van der Waals surface area (Å²) in [6.45, 7) is 2.07. The van der Waals surface area contributed by atoms with Crippen LogP contribution in [0.2, 0.25) is 0 Å². The van der Waals surface area contributed by atoms with Gasteiger partial charge >= 0.3 is 0 Å². The molecule has 0 spiro atoms. The number of nitrogens with two attached hydrogens (primary N) is 1. The number of nitrogen functional groups attached to an aromatic ring is 1. The van der Waals surface area contributed by atoms with Crippen LogP contribution < -0.4 is 10.5 Å². The van der Waals surface area contributed by atoms with Crippen molar-refractivity contribution in [3.8, 4) is 16.9 Å². The topological polar surface area (TPSA) is 35.2 Å². The van der Waals surface area contributed by atoms with Crippen molar-refractivity contribution >= 4 is 5.69 Å². The van der Waals surface area contributed by atoms with Crippen molar-refractivity contribution in [1.82, 2.24) is 0 Å². The highest BCUT2D eigenvalue weighted by molar-refractivity contribution is 5.74. The average molecular weight is 213 g/mol. The lowest BCUT2D eigenvalue weighted by Gasteiger charge is -2.09. The van der Waals surface area contributed by atoms with Crippen molar-refractivity contribution < 1.29 is 4.74 Å². The average Bonchev–Trinajstić information content (AvgIpc) is 2.30. The fourth-order valence-electron chi connectivity index (χ4n) is 1.68. The third-order valence-electron chi connectivity index (χ3n) is 2.59. The van der Waals surface area contributed by atoms with E-state index < -0.39 is 0 Å². The molecule has 0 atom stereocenters. The molecule has 0 aliphatic heterocycles. The van der Waals surface area contributed by atoms with E-state index in [9.17, 15) is 0 Å². The van der Waals surface area contributed by atoms with Crippen LogP contribution in [0.4, 0.5) is 5.69 Å². The zero-order valence-electron chi connectivity index (χ0n) is 9.53. The van der Waals surface area contributed by atoms with Gasteiger partial charge in [0, 0.05) is 11.3 Å². The minimum Gasteiger partial charge on any atom is -0.496 e. The highest BCUT2D eigenvalue weighted by Gasteiger charge is 2.05. The lowest BCUT2D eigenvalue weighted by molar-refractivity contribution is 0.416. The van der Waals surface area contributed by atoms with E-state index in [2.05, 4.69) is 31.2 Å². The van der Waals surface area contributed by atoms with Gasteiger partial charge in [-0.1, -0.05) is 29.8 Å². The number of aryl methyl sites for hydroxylation is 1. The van der Waals surface area contributed by atoms with Crippen LogP contribution in [0.25, 0.3) is 11.1 Å². The molecule has 0 amide bonds. The van der Waals surface area contributed by atoms with E-state index in [1.54, 1.807) is 7.11 Å². The Labute approximate surface area is 95.7 Å². The van der Waals surface area contributed by atoms with Gasteiger partial charge in [0.15, 0.2) is 0 Å². The lowest BCUT2D eigenvalue weighted by atomic mass is 10.0. The molecule has 0 saturated heterocycles. The van der Waals surface area contributed by atoms with Crippen LogP contribution in [-0.4, -0.2) is 7.11 Å². The van der Waals surface area contributed by atoms with Crippen LogP contribution in [0.1, 0.15) is 5.56 Å². The monoisotopic (exact) mass is 213 g/mol. The minimum absolute atomic E-state index is 0.747. The van der Waals surface area contributed by atoms with Gasteiger partial charge in [0.05, 0.1) is 7.11 Å². The smallest absolute Gasteiger partial charge is 0.126 e. The number of benzene rings is 2. The Hall–Kier alpha value is -1.96. The van der Waals surface area contributed by atoms with Crippen molar-refractivity contribution in [2.24, 2.45) is 0 Å². The molecule has 0 heterocycles. The van der Waals surface area contributed by atoms with Gasteiger partial charge in [-0.3, -0.25) is 0 Å². The van der Waals surface area contributed by atoms with Crippen molar-refractivity contribution in [1.29, 1.82) is 0 Å². The predicted octanol–water partition coefficient (Wildman–Crippen LogP) is 3.25. The highest BCUT2D eigenvalue weighted by atomic mass is 16.5. The highest BCUT2D eigenvalue weighted by Crippen LogP contribution is 2.31. The molecule has 2 heteroatoms. The Morgan fingerprint density at radius 2 is 1.69 bits per heavy atom. The number of hydrogen-bond acceptors (Lipinski definition) is 2. The Morgan fingerprint density at radius 3 is 2.31 bits per heavy atom. The van der Waals surface area contributed by atoms with Gasteiger partial charge in [-0.15, -0.1) is 0 Å². The van der Waals surface area contributed by atoms with Crippen LogP contribution in [0.5, 0.6) is 5.75 Å². The van der Waals surface area contributed by atoms with E-state index in [1.165, 1.54) is 5.56 Å². The molecule has 2 aromatic carbocycles. The van der Waals surface area contributed by atoms with Gasteiger partial charge < -0.3 is 10.5 Å². The number of methoxy groups -OCH3 is 1. The van der Waals surface area contributed by atoms with Crippen molar-refractivity contribution in [3.05, 3.63) is 48.0 Å². The third-order valence-corrected chi connectivity index (χ3v) is 2.59. The molecule has 0 aliphatic rings. The van der Waals surface area contributed by atoms with Crippen molar-refractivity contribution in [3.63, 3.8) is 0 Å². The molecule has 82 valence electrons. The van der Waals surface area contributed by atoms with Crippen molar-refractivity contribution in [2.75, 3.05) is 12.8 Å². The number of hydrogen-bond donors (Lipinski definition) is 1. The summed E-state index contributed by atoms with van der Waals surface area (Å²) in [4.78, 5) is 0. The van der Waals surface area contributed by atoms with Gasteiger partial charge in [0.1, 0.15) is 5.75 Å². The van der Waals surface area contributed by atoms with Gasteiger partial charge in [-0.05, 0) is 30.7 Å². The molecular weight excluding hydrogens is 198 g/mol. The van der Waals surface area contributed by atoms with Crippen LogP contribution in [-0.2, 0) is 0 Å². The molecule has 2 aromatic rings. The fraction of sp³-hybridized carbons (Fsp3) is 0.143. The van der Waals surface area contributed by atoms with Crippen LogP contribution >= 0.6 is 0 Å². The van der Waals surface area contributed by atoms with Gasteiger partial charge in [-0.2, -0.15) is 0 Å². The Kier molecular flexibility index (Phi) is 2.82. The first-order valence-corrected chi connectivity index (χ1v) is 5.21. The summed E-state index contributed by atoms with van der Waals surface area (Å²) >= 11 is 0. The second-order valence-electron chi connectivity index (χ2n) is 3.83. The first-order valence-electron chi connectivity index (χ1n) is 5.21. The molecule has 0 radical (unpaired) electrons.